The van der Waals surface area contributed by atoms with Gasteiger partial charge in [-0.25, -0.2) is 0 Å². The third-order valence-corrected chi connectivity index (χ3v) is 6.40. The molecule has 1 aromatic carbocycles. The largest absolute Gasteiger partial charge is 0.493 e. The Kier molecular flexibility index (Phi) is 4.59. The molecule has 0 radical (unpaired) electrons. The van der Waals surface area contributed by atoms with Crippen molar-refractivity contribution in [3.05, 3.63) is 23.8 Å². The highest BCUT2D eigenvalue weighted by Gasteiger charge is 2.43. The van der Waals surface area contributed by atoms with Crippen molar-refractivity contribution in [3.63, 3.8) is 0 Å². The zero-order valence-electron chi connectivity index (χ0n) is 15.2. The number of fused-ring (bicyclic) bond motifs is 2. The van der Waals surface area contributed by atoms with Gasteiger partial charge in [0, 0.05) is 32.2 Å². The summed E-state index contributed by atoms with van der Waals surface area (Å²) in [6.45, 7) is 3.58. The first-order valence-corrected chi connectivity index (χ1v) is 9.45. The fourth-order valence-electron chi connectivity index (χ4n) is 5.14. The van der Waals surface area contributed by atoms with E-state index >= 15 is 0 Å². The van der Waals surface area contributed by atoms with Gasteiger partial charge in [-0.2, -0.15) is 0 Å². The number of hydrogen-bond donors (Lipinski definition) is 0. The summed E-state index contributed by atoms with van der Waals surface area (Å²) in [4.78, 5) is 17.6. The van der Waals surface area contributed by atoms with Crippen LogP contribution in [0.15, 0.2) is 18.2 Å². The van der Waals surface area contributed by atoms with Crippen LogP contribution in [0.4, 0.5) is 0 Å². The van der Waals surface area contributed by atoms with Gasteiger partial charge in [-0.3, -0.25) is 9.69 Å². The number of para-hydroxylation sites is 1. The molecular formula is C20H28N2O3. The molecule has 136 valence electrons. The Morgan fingerprint density at radius 1 is 1.04 bits per heavy atom. The van der Waals surface area contributed by atoms with Crippen LogP contribution in [0.25, 0.3) is 0 Å². The standard InChI is InChI=1S/C20H28N2O3/c1-24-18-5-3-4-16(19(18)25-2)20(23)22-10-8-21(9-11-22)17-13-14-6-7-15(17)12-14/h3-5,14-15,17H,6-13H2,1-2H3/t14-,15-,17+/m0/s1. The van der Waals surface area contributed by atoms with Gasteiger partial charge in [0.1, 0.15) is 0 Å². The molecule has 25 heavy (non-hydrogen) atoms. The van der Waals surface area contributed by atoms with Crippen LogP contribution in [0.1, 0.15) is 36.0 Å². The van der Waals surface area contributed by atoms with Gasteiger partial charge in [0.15, 0.2) is 11.5 Å². The number of nitrogens with zero attached hydrogens (tertiary/aromatic N) is 2. The smallest absolute Gasteiger partial charge is 0.257 e. The van der Waals surface area contributed by atoms with E-state index in [1.54, 1.807) is 14.2 Å². The molecule has 3 atom stereocenters. The van der Waals surface area contributed by atoms with Crippen LogP contribution in [-0.2, 0) is 0 Å². The number of ether oxygens (including phenoxy) is 2. The molecule has 5 nitrogen and oxygen atoms in total. The summed E-state index contributed by atoms with van der Waals surface area (Å²) in [6, 6.07) is 6.26. The van der Waals surface area contributed by atoms with Gasteiger partial charge in [-0.05, 0) is 43.2 Å². The summed E-state index contributed by atoms with van der Waals surface area (Å²) >= 11 is 0. The molecule has 0 aromatic heterocycles. The molecule has 5 heteroatoms. The van der Waals surface area contributed by atoms with Crippen molar-refractivity contribution in [1.29, 1.82) is 0 Å². The van der Waals surface area contributed by atoms with Crippen LogP contribution in [0.3, 0.4) is 0 Å². The van der Waals surface area contributed by atoms with Gasteiger partial charge in [0.25, 0.3) is 5.91 Å². The van der Waals surface area contributed by atoms with Crippen LogP contribution in [0.5, 0.6) is 11.5 Å². The lowest BCUT2D eigenvalue weighted by Crippen LogP contribution is -2.53. The second kappa shape index (κ2) is 6.87. The summed E-state index contributed by atoms with van der Waals surface area (Å²) in [5.41, 5.74) is 0.593. The van der Waals surface area contributed by atoms with Gasteiger partial charge in [-0.15, -0.1) is 0 Å². The minimum Gasteiger partial charge on any atom is -0.493 e. The van der Waals surface area contributed by atoms with Crippen molar-refractivity contribution in [1.82, 2.24) is 9.80 Å². The van der Waals surface area contributed by atoms with E-state index < -0.39 is 0 Å². The maximum Gasteiger partial charge on any atom is 0.257 e. The summed E-state index contributed by atoms with van der Waals surface area (Å²) in [6.07, 6.45) is 5.66. The van der Waals surface area contributed by atoms with Crippen molar-refractivity contribution in [2.45, 2.75) is 31.7 Å². The molecule has 1 saturated heterocycles. The van der Waals surface area contributed by atoms with Crippen LogP contribution in [0.2, 0.25) is 0 Å². The monoisotopic (exact) mass is 344 g/mol. The van der Waals surface area contributed by atoms with Crippen molar-refractivity contribution in [3.8, 4) is 11.5 Å². The Morgan fingerprint density at radius 2 is 1.84 bits per heavy atom. The van der Waals surface area contributed by atoms with E-state index in [0.29, 0.717) is 17.1 Å². The number of carbonyl (C=O) groups excluding carboxylic acids is 1. The Hall–Kier alpha value is -1.75. The normalized spacial score (nSPS) is 29.0. The van der Waals surface area contributed by atoms with E-state index in [1.807, 2.05) is 23.1 Å². The van der Waals surface area contributed by atoms with Gasteiger partial charge in [0.05, 0.1) is 19.8 Å². The first kappa shape index (κ1) is 16.7. The maximum atomic E-state index is 13.0. The van der Waals surface area contributed by atoms with Crippen LogP contribution in [-0.4, -0.2) is 62.1 Å². The minimum atomic E-state index is 0.0448. The third kappa shape index (κ3) is 2.99. The topological polar surface area (TPSA) is 42.0 Å². The van der Waals surface area contributed by atoms with Crippen molar-refractivity contribution in [2.24, 2.45) is 11.8 Å². The Labute approximate surface area is 149 Å². The Balaban J connectivity index is 1.42. The summed E-state index contributed by atoms with van der Waals surface area (Å²) in [5, 5.41) is 0. The Bertz CT molecular complexity index is 640. The highest BCUT2D eigenvalue weighted by atomic mass is 16.5. The molecule has 1 aliphatic heterocycles. The molecule has 2 bridgehead atoms. The first-order chi connectivity index (χ1) is 12.2. The van der Waals surface area contributed by atoms with Crippen LogP contribution >= 0.6 is 0 Å². The second-order valence-corrected chi connectivity index (χ2v) is 7.61. The molecule has 1 heterocycles. The summed E-state index contributed by atoms with van der Waals surface area (Å²) in [5.74, 6) is 3.06. The van der Waals surface area contributed by atoms with Crippen LogP contribution in [0, 0.1) is 11.8 Å². The van der Waals surface area contributed by atoms with Gasteiger partial charge >= 0.3 is 0 Å². The maximum absolute atomic E-state index is 13.0. The zero-order chi connectivity index (χ0) is 17.4. The number of methoxy groups -OCH3 is 2. The highest BCUT2D eigenvalue weighted by molar-refractivity contribution is 5.97. The summed E-state index contributed by atoms with van der Waals surface area (Å²) < 4.78 is 10.8. The van der Waals surface area contributed by atoms with E-state index in [1.165, 1.54) is 25.7 Å². The Morgan fingerprint density at radius 3 is 2.44 bits per heavy atom. The quantitative estimate of drug-likeness (QED) is 0.842. The van der Waals surface area contributed by atoms with Crippen LogP contribution < -0.4 is 9.47 Å². The lowest BCUT2D eigenvalue weighted by atomic mass is 9.93. The van der Waals surface area contributed by atoms with Gasteiger partial charge in [-0.1, -0.05) is 12.5 Å². The van der Waals surface area contributed by atoms with Crippen molar-refractivity contribution >= 4 is 5.91 Å². The summed E-state index contributed by atoms with van der Waals surface area (Å²) in [7, 11) is 3.18. The van der Waals surface area contributed by atoms with E-state index in [2.05, 4.69) is 4.90 Å². The molecule has 1 aromatic rings. The van der Waals surface area contributed by atoms with Crippen molar-refractivity contribution < 1.29 is 14.3 Å². The predicted octanol–water partition coefficient (Wildman–Crippen LogP) is 2.65. The lowest BCUT2D eigenvalue weighted by Gasteiger charge is -2.41. The van der Waals surface area contributed by atoms with E-state index in [9.17, 15) is 4.79 Å². The zero-order valence-corrected chi connectivity index (χ0v) is 15.2. The van der Waals surface area contributed by atoms with E-state index in [0.717, 1.165) is 44.1 Å². The third-order valence-electron chi connectivity index (χ3n) is 6.40. The van der Waals surface area contributed by atoms with Gasteiger partial charge < -0.3 is 14.4 Å². The number of hydrogen-bond acceptors (Lipinski definition) is 4. The average molecular weight is 344 g/mol. The fraction of sp³-hybridized carbons (Fsp3) is 0.650. The molecule has 0 unspecified atom stereocenters. The minimum absolute atomic E-state index is 0.0448. The molecule has 3 fully saturated rings. The van der Waals surface area contributed by atoms with Crippen molar-refractivity contribution in [2.75, 3.05) is 40.4 Å². The molecular weight excluding hydrogens is 316 g/mol. The molecule has 3 aliphatic rings. The fourth-order valence-corrected chi connectivity index (χ4v) is 5.14. The molecule has 2 saturated carbocycles. The second-order valence-electron chi connectivity index (χ2n) is 7.61. The molecule has 2 aliphatic carbocycles. The van der Waals surface area contributed by atoms with E-state index in [4.69, 9.17) is 9.47 Å². The molecule has 4 rings (SSSR count). The SMILES string of the molecule is COc1cccc(C(=O)N2CCN([C@@H]3C[C@H]4CC[C@H]3C4)CC2)c1OC. The lowest BCUT2D eigenvalue weighted by molar-refractivity contribution is 0.0493. The average Bonchev–Trinajstić information content (AvgIpc) is 3.30. The first-order valence-electron chi connectivity index (χ1n) is 9.45. The van der Waals surface area contributed by atoms with Gasteiger partial charge in [0.2, 0.25) is 0 Å². The molecule has 0 spiro atoms. The number of amides is 1. The number of rotatable bonds is 4. The highest BCUT2D eigenvalue weighted by Crippen LogP contribution is 2.46. The van der Waals surface area contributed by atoms with E-state index in [-0.39, 0.29) is 5.91 Å². The number of carbonyl (C=O) groups is 1. The number of benzene rings is 1. The molecule has 1 amide bonds. The molecule has 0 N–H and O–H groups in total. The predicted molar refractivity (Wildman–Crippen MR) is 96.3 cm³/mol. The number of piperazine rings is 1.